The molecule has 9 heteroatoms. The van der Waals surface area contributed by atoms with Crippen molar-refractivity contribution in [1.29, 1.82) is 0 Å². The van der Waals surface area contributed by atoms with Crippen molar-refractivity contribution in [2.24, 2.45) is 23.7 Å². The van der Waals surface area contributed by atoms with Gasteiger partial charge in [0, 0.05) is 16.5 Å². The van der Waals surface area contributed by atoms with Crippen LogP contribution in [-0.2, 0) is 67.0 Å². The molecule has 4 nitrogen and oxygen atoms in total. The average Bonchev–Trinajstić information content (AvgIpc) is 2.97. The van der Waals surface area contributed by atoms with E-state index in [4.69, 9.17) is 69.5 Å². The molecule has 0 heterocycles. The molecule has 258 valence electrons. The molecule has 0 aliphatic rings. The Morgan fingerprint density at radius 1 is 0.533 bits per heavy atom. The molecule has 0 aliphatic heterocycles. The molecular weight excluding hydrogens is 683 g/mol. The summed E-state index contributed by atoms with van der Waals surface area (Å²) in [4.78, 5) is 1.23. The second kappa shape index (κ2) is 24.6. The summed E-state index contributed by atoms with van der Waals surface area (Å²) in [6.45, 7) is 20.2. The van der Waals surface area contributed by atoms with Crippen LogP contribution in [0.25, 0.3) is 9.81 Å². The minimum absolute atomic E-state index is 0. The predicted molar refractivity (Wildman–Crippen MR) is 198 cm³/mol. The molecule has 0 amide bonds. The van der Waals surface area contributed by atoms with Crippen molar-refractivity contribution in [2.45, 2.75) is 81.1 Å². The number of ether oxygens (including phenoxy) is 4. The summed E-state index contributed by atoms with van der Waals surface area (Å²) in [5, 5.41) is 3.02. The first kappa shape index (κ1) is 43.5. The summed E-state index contributed by atoms with van der Waals surface area (Å²) in [5.74, 6) is 5.66. The molecule has 0 bridgehead atoms. The van der Waals surface area contributed by atoms with Crippen molar-refractivity contribution < 1.29 is 35.4 Å². The summed E-state index contributed by atoms with van der Waals surface area (Å²) in [7, 11) is 0. The Morgan fingerprint density at radius 3 is 1.09 bits per heavy atom. The Balaban J connectivity index is 0.000000842. The van der Waals surface area contributed by atoms with Crippen LogP contribution in [0.1, 0.15) is 92.2 Å². The number of hydrogen-bond donors (Lipinski definition) is 0. The van der Waals surface area contributed by atoms with Gasteiger partial charge in [-0.1, -0.05) is 55.4 Å². The summed E-state index contributed by atoms with van der Waals surface area (Å²) in [6, 6.07) is 11.6. The van der Waals surface area contributed by atoms with Gasteiger partial charge in [0.1, 0.15) is 23.0 Å². The molecular formula is C36H52NiO4S4-4. The monoisotopic (exact) mass is 734 g/mol. The van der Waals surface area contributed by atoms with Crippen molar-refractivity contribution in [3.63, 3.8) is 0 Å². The average molecular weight is 736 g/mol. The van der Waals surface area contributed by atoms with Gasteiger partial charge in [-0.05, 0) is 96.9 Å². The third-order valence-electron chi connectivity index (χ3n) is 6.48. The van der Waals surface area contributed by atoms with Crippen molar-refractivity contribution >= 4 is 60.3 Å². The molecule has 0 N–H and O–H groups in total. The number of rotatable bonds is 18. The van der Waals surface area contributed by atoms with E-state index >= 15 is 0 Å². The molecule has 0 aromatic heterocycles. The van der Waals surface area contributed by atoms with Gasteiger partial charge in [0.15, 0.2) is 0 Å². The summed E-state index contributed by atoms with van der Waals surface area (Å²) < 4.78 is 23.3. The fraction of sp³-hybridized carbons (Fsp3) is 0.556. The van der Waals surface area contributed by atoms with Gasteiger partial charge < -0.3 is 69.5 Å². The minimum atomic E-state index is 0. The first-order chi connectivity index (χ1) is 20.9. The maximum atomic E-state index is 5.86. The molecule has 0 radical (unpaired) electrons. The van der Waals surface area contributed by atoms with Crippen LogP contribution in [0.3, 0.4) is 0 Å². The van der Waals surface area contributed by atoms with Crippen molar-refractivity contribution in [2.75, 3.05) is 26.4 Å². The van der Waals surface area contributed by atoms with E-state index in [1.54, 1.807) is 0 Å². The quantitative estimate of drug-likeness (QED) is 0.111. The van der Waals surface area contributed by atoms with E-state index in [9.17, 15) is 0 Å². The summed E-state index contributed by atoms with van der Waals surface area (Å²) in [5.41, 5.74) is 1.69. The van der Waals surface area contributed by atoms with Gasteiger partial charge in [0.2, 0.25) is 0 Å². The first-order valence-electron chi connectivity index (χ1n) is 15.7. The van der Waals surface area contributed by atoms with E-state index in [0.29, 0.717) is 59.9 Å². The van der Waals surface area contributed by atoms with Crippen LogP contribution in [0.4, 0.5) is 0 Å². The second-order valence-corrected chi connectivity index (χ2v) is 13.8. The van der Waals surface area contributed by atoms with Crippen LogP contribution in [0.2, 0.25) is 0 Å². The Labute approximate surface area is 306 Å². The smallest absolute Gasteiger partial charge is 0.125 e. The van der Waals surface area contributed by atoms with Crippen molar-refractivity contribution in [3.05, 3.63) is 58.3 Å². The first-order valence-corrected chi connectivity index (χ1v) is 17.4. The zero-order valence-corrected chi connectivity index (χ0v) is 32.4. The zero-order chi connectivity index (χ0) is 33.1. The van der Waals surface area contributed by atoms with E-state index in [1.807, 2.05) is 36.4 Å². The second-order valence-electron chi connectivity index (χ2n) is 12.4. The molecule has 2 aromatic rings. The van der Waals surface area contributed by atoms with Gasteiger partial charge in [0.05, 0.1) is 26.4 Å². The minimum Gasteiger partial charge on any atom is -0.789 e. The fourth-order valence-electron chi connectivity index (χ4n) is 3.60. The maximum absolute atomic E-state index is 5.86. The van der Waals surface area contributed by atoms with E-state index in [1.165, 1.54) is 10.8 Å². The molecule has 45 heavy (non-hydrogen) atoms. The van der Waals surface area contributed by atoms with Crippen LogP contribution >= 0.6 is 0 Å². The number of hydrogen-bond acceptors (Lipinski definition) is 8. The fourth-order valence-corrected chi connectivity index (χ4v) is 4.17. The third-order valence-corrected chi connectivity index (χ3v) is 7.93. The van der Waals surface area contributed by atoms with Gasteiger partial charge in [-0.2, -0.15) is 9.81 Å². The predicted octanol–water partition coefficient (Wildman–Crippen LogP) is 9.85. The van der Waals surface area contributed by atoms with Crippen molar-refractivity contribution in [1.82, 2.24) is 0 Å². The van der Waals surface area contributed by atoms with Crippen molar-refractivity contribution in [3.8, 4) is 23.0 Å². The van der Waals surface area contributed by atoms with E-state index in [0.717, 1.165) is 59.8 Å². The Bertz CT molecular complexity index is 1060. The molecule has 0 unspecified atom stereocenters. The van der Waals surface area contributed by atoms with E-state index in [-0.39, 0.29) is 16.5 Å². The van der Waals surface area contributed by atoms with Gasteiger partial charge in [0.25, 0.3) is 0 Å². The molecule has 0 saturated carbocycles. The van der Waals surface area contributed by atoms with Gasteiger partial charge in [-0.25, -0.2) is 10.8 Å². The van der Waals surface area contributed by atoms with Crippen LogP contribution < -0.4 is 18.9 Å². The molecule has 0 saturated heterocycles. The molecule has 0 fully saturated rings. The largest absolute Gasteiger partial charge is 0.789 e. The molecule has 0 aliphatic carbocycles. The van der Waals surface area contributed by atoms with Crippen LogP contribution in [0.5, 0.6) is 23.0 Å². The van der Waals surface area contributed by atoms with E-state index < -0.39 is 0 Å². The SMILES string of the molecule is CC(C)CCOc1ccc(OCCC(C)C)c(/C([S-])=C/[S-])c1.CC(C)CCOc1ccc(OCCC(C)C)c(/C([S-])=C/[S-])c1.[Ni]. The van der Waals surface area contributed by atoms with Crippen LogP contribution in [-0.4, -0.2) is 26.4 Å². The van der Waals surface area contributed by atoms with E-state index in [2.05, 4.69) is 55.4 Å². The molecule has 0 spiro atoms. The molecule has 0 atom stereocenters. The maximum Gasteiger partial charge on any atom is 0.125 e. The third kappa shape index (κ3) is 19.0. The number of benzene rings is 2. The topological polar surface area (TPSA) is 36.9 Å². The van der Waals surface area contributed by atoms with Gasteiger partial charge >= 0.3 is 0 Å². The summed E-state index contributed by atoms with van der Waals surface area (Å²) in [6.07, 6.45) is 4.08. The molecule has 2 rings (SSSR count). The summed E-state index contributed by atoms with van der Waals surface area (Å²) >= 11 is 20.6. The Kier molecular flexibility index (Phi) is 23.8. The normalized spacial score (nSPS) is 11.7. The van der Waals surface area contributed by atoms with Crippen LogP contribution in [0.15, 0.2) is 47.2 Å². The zero-order valence-electron chi connectivity index (χ0n) is 28.2. The molecule has 2 aromatic carbocycles. The van der Waals surface area contributed by atoms with Gasteiger partial charge in [-0.3, -0.25) is 0 Å². The van der Waals surface area contributed by atoms with Gasteiger partial charge in [-0.15, -0.1) is 0 Å². The van der Waals surface area contributed by atoms with Crippen LogP contribution in [0, 0.1) is 23.7 Å². The standard InChI is InChI=1S/2C18H28O2S2.Ni/c2*1-13(2)7-9-19-15-5-6-17(20-10-8-14(3)4)16(11-15)18(22)12-21;/h2*5-6,11-14,21-22H,7-10H2,1-4H3;/p-4/b2*18-12-;. The Morgan fingerprint density at radius 2 is 0.822 bits per heavy atom. The Hall–Kier alpha value is -1.51.